The number of nitrogens with zero attached hydrogens (tertiary/aromatic N) is 3. The molecular formula is C13H17N5. The summed E-state index contributed by atoms with van der Waals surface area (Å²) in [4.78, 5) is 4.39. The highest BCUT2D eigenvalue weighted by Gasteiger charge is 2.23. The van der Waals surface area contributed by atoms with Crippen LogP contribution in [-0.2, 0) is 0 Å². The molecule has 0 bridgehead atoms. The van der Waals surface area contributed by atoms with E-state index in [1.165, 1.54) is 11.1 Å². The van der Waals surface area contributed by atoms with Crippen molar-refractivity contribution in [2.24, 2.45) is 0 Å². The molecule has 0 radical (unpaired) electrons. The second-order valence-electron chi connectivity index (χ2n) is 4.60. The molecule has 0 aliphatic carbocycles. The molecule has 1 aliphatic rings. The van der Waals surface area contributed by atoms with Gasteiger partial charge in [-0.2, -0.15) is 4.98 Å². The van der Waals surface area contributed by atoms with Gasteiger partial charge in [0.05, 0.1) is 6.04 Å². The summed E-state index contributed by atoms with van der Waals surface area (Å²) in [6.45, 7) is 3.03. The lowest BCUT2D eigenvalue weighted by Gasteiger charge is -2.24. The van der Waals surface area contributed by atoms with E-state index in [1.807, 2.05) is 11.7 Å². The normalized spacial score (nSPS) is 18.0. The molecule has 0 fully saturated rings. The van der Waals surface area contributed by atoms with Gasteiger partial charge in [-0.05, 0) is 18.9 Å². The molecule has 1 aromatic heterocycles. The molecule has 0 saturated carbocycles. The summed E-state index contributed by atoms with van der Waals surface area (Å²) in [6.07, 6.45) is 1.03. The van der Waals surface area contributed by atoms with Crippen molar-refractivity contribution in [1.82, 2.24) is 14.8 Å². The second-order valence-corrected chi connectivity index (χ2v) is 4.60. The Hall–Kier alpha value is -2.04. The van der Waals surface area contributed by atoms with Crippen molar-refractivity contribution >= 4 is 11.9 Å². The van der Waals surface area contributed by atoms with Gasteiger partial charge in [0.1, 0.15) is 0 Å². The largest absolute Gasteiger partial charge is 0.356 e. The monoisotopic (exact) mass is 243 g/mol. The lowest BCUT2D eigenvalue weighted by atomic mass is 10.0. The van der Waals surface area contributed by atoms with Crippen LogP contribution in [-0.4, -0.2) is 28.4 Å². The van der Waals surface area contributed by atoms with Crippen LogP contribution in [0.15, 0.2) is 24.3 Å². The van der Waals surface area contributed by atoms with Gasteiger partial charge in [0.25, 0.3) is 0 Å². The minimum atomic E-state index is 0.274. The first kappa shape index (κ1) is 11.1. The molecule has 94 valence electrons. The molecule has 0 amide bonds. The fourth-order valence-electron chi connectivity index (χ4n) is 2.31. The molecular weight excluding hydrogens is 226 g/mol. The van der Waals surface area contributed by atoms with E-state index in [4.69, 9.17) is 0 Å². The summed E-state index contributed by atoms with van der Waals surface area (Å²) in [5, 5.41) is 10.7. The number of benzene rings is 1. The van der Waals surface area contributed by atoms with Gasteiger partial charge in [0, 0.05) is 13.6 Å². The van der Waals surface area contributed by atoms with Crippen LogP contribution >= 0.6 is 0 Å². The Morgan fingerprint density at radius 2 is 2.11 bits per heavy atom. The van der Waals surface area contributed by atoms with Crippen LogP contribution in [0.2, 0.25) is 0 Å². The van der Waals surface area contributed by atoms with Crippen molar-refractivity contribution in [1.29, 1.82) is 0 Å². The quantitative estimate of drug-likeness (QED) is 0.847. The molecule has 5 nitrogen and oxygen atoms in total. The average Bonchev–Trinajstić information content (AvgIpc) is 2.82. The van der Waals surface area contributed by atoms with Crippen LogP contribution in [0.4, 0.5) is 11.9 Å². The fourth-order valence-corrected chi connectivity index (χ4v) is 2.31. The summed E-state index contributed by atoms with van der Waals surface area (Å²) in [5.74, 6) is 1.51. The van der Waals surface area contributed by atoms with Crippen LogP contribution in [0, 0.1) is 6.92 Å². The molecule has 18 heavy (non-hydrogen) atoms. The Morgan fingerprint density at radius 3 is 2.83 bits per heavy atom. The van der Waals surface area contributed by atoms with E-state index >= 15 is 0 Å². The summed E-state index contributed by atoms with van der Waals surface area (Å²) in [7, 11) is 1.84. The van der Waals surface area contributed by atoms with Crippen molar-refractivity contribution in [3.8, 4) is 0 Å². The number of fused-ring (bicyclic) bond motifs is 1. The van der Waals surface area contributed by atoms with E-state index in [1.54, 1.807) is 0 Å². The number of anilines is 2. The van der Waals surface area contributed by atoms with E-state index in [0.29, 0.717) is 5.95 Å². The molecule has 1 aliphatic heterocycles. The maximum atomic E-state index is 4.48. The molecule has 1 atom stereocenters. The van der Waals surface area contributed by atoms with Crippen molar-refractivity contribution in [2.75, 3.05) is 24.2 Å². The van der Waals surface area contributed by atoms with Crippen LogP contribution in [0.5, 0.6) is 0 Å². The minimum Gasteiger partial charge on any atom is -0.356 e. The third kappa shape index (κ3) is 1.81. The molecule has 2 aromatic rings. The Balaban J connectivity index is 2.00. The third-order valence-corrected chi connectivity index (χ3v) is 3.31. The lowest BCUT2D eigenvalue weighted by molar-refractivity contribution is 0.481. The molecule has 3 rings (SSSR count). The number of aromatic nitrogens is 3. The average molecular weight is 243 g/mol. The number of hydrogen-bond acceptors (Lipinski definition) is 4. The maximum Gasteiger partial charge on any atom is 0.243 e. The number of hydrogen-bond donors (Lipinski definition) is 2. The Bertz CT molecular complexity index is 543. The topological polar surface area (TPSA) is 54.8 Å². The second kappa shape index (κ2) is 4.33. The lowest BCUT2D eigenvalue weighted by Crippen LogP contribution is -2.24. The SMILES string of the molecule is CNc1nc2n(n1)C(c1ccc(C)cc1)CCN2. The number of rotatable bonds is 2. The Kier molecular flexibility index (Phi) is 2.66. The van der Waals surface area contributed by atoms with Crippen LogP contribution in [0.1, 0.15) is 23.6 Å². The van der Waals surface area contributed by atoms with Gasteiger partial charge >= 0.3 is 0 Å². The smallest absolute Gasteiger partial charge is 0.243 e. The standard InChI is InChI=1S/C13H17N5/c1-9-3-5-10(6-4-9)11-7-8-15-13-16-12(14-2)17-18(11)13/h3-6,11H,7-8H2,1-2H3,(H2,14,15,16,17). The van der Waals surface area contributed by atoms with Gasteiger partial charge < -0.3 is 10.6 Å². The molecule has 1 unspecified atom stereocenters. The highest BCUT2D eigenvalue weighted by molar-refractivity contribution is 5.39. The molecule has 2 heterocycles. The van der Waals surface area contributed by atoms with E-state index in [-0.39, 0.29) is 6.04 Å². The first-order valence-electron chi connectivity index (χ1n) is 6.22. The van der Waals surface area contributed by atoms with Crippen LogP contribution < -0.4 is 10.6 Å². The molecule has 2 N–H and O–H groups in total. The summed E-state index contributed by atoms with van der Waals surface area (Å²) in [5.41, 5.74) is 2.57. The zero-order chi connectivity index (χ0) is 12.5. The Labute approximate surface area is 106 Å². The van der Waals surface area contributed by atoms with Crippen LogP contribution in [0.25, 0.3) is 0 Å². The van der Waals surface area contributed by atoms with Gasteiger partial charge in [0.2, 0.25) is 11.9 Å². The number of aryl methyl sites for hydroxylation is 1. The molecule has 1 aromatic carbocycles. The van der Waals surface area contributed by atoms with E-state index < -0.39 is 0 Å². The van der Waals surface area contributed by atoms with Crippen LogP contribution in [0.3, 0.4) is 0 Å². The van der Waals surface area contributed by atoms with E-state index in [2.05, 4.69) is 51.9 Å². The van der Waals surface area contributed by atoms with E-state index in [0.717, 1.165) is 18.9 Å². The van der Waals surface area contributed by atoms with Crippen molar-refractivity contribution in [3.05, 3.63) is 35.4 Å². The van der Waals surface area contributed by atoms with Gasteiger partial charge in [0.15, 0.2) is 0 Å². The highest BCUT2D eigenvalue weighted by Crippen LogP contribution is 2.29. The highest BCUT2D eigenvalue weighted by atomic mass is 15.5. The third-order valence-electron chi connectivity index (χ3n) is 3.31. The molecule has 5 heteroatoms. The summed E-state index contributed by atoms with van der Waals surface area (Å²) in [6, 6.07) is 8.92. The summed E-state index contributed by atoms with van der Waals surface area (Å²) >= 11 is 0. The zero-order valence-electron chi connectivity index (χ0n) is 10.6. The Morgan fingerprint density at radius 1 is 1.33 bits per heavy atom. The zero-order valence-corrected chi connectivity index (χ0v) is 10.6. The first-order chi connectivity index (χ1) is 8.78. The van der Waals surface area contributed by atoms with Gasteiger partial charge in [-0.25, -0.2) is 4.68 Å². The predicted octanol–water partition coefficient (Wildman–Crippen LogP) is 2.03. The minimum absolute atomic E-state index is 0.274. The maximum absolute atomic E-state index is 4.48. The van der Waals surface area contributed by atoms with Crippen molar-refractivity contribution in [2.45, 2.75) is 19.4 Å². The first-order valence-corrected chi connectivity index (χ1v) is 6.22. The van der Waals surface area contributed by atoms with Gasteiger partial charge in [-0.3, -0.25) is 0 Å². The molecule has 0 saturated heterocycles. The van der Waals surface area contributed by atoms with Crippen molar-refractivity contribution < 1.29 is 0 Å². The van der Waals surface area contributed by atoms with Gasteiger partial charge in [-0.15, -0.1) is 5.10 Å². The van der Waals surface area contributed by atoms with Crippen molar-refractivity contribution in [3.63, 3.8) is 0 Å². The molecule has 0 spiro atoms. The predicted molar refractivity (Wildman–Crippen MR) is 72.0 cm³/mol. The number of nitrogens with one attached hydrogen (secondary N) is 2. The fraction of sp³-hybridized carbons (Fsp3) is 0.385. The summed E-state index contributed by atoms with van der Waals surface area (Å²) < 4.78 is 1.97. The van der Waals surface area contributed by atoms with E-state index in [9.17, 15) is 0 Å². The van der Waals surface area contributed by atoms with Gasteiger partial charge in [-0.1, -0.05) is 29.8 Å².